The molecule has 0 radical (unpaired) electrons. The first kappa shape index (κ1) is 10.4. The Kier molecular flexibility index (Phi) is 3.85. The molecule has 0 heterocycles. The van der Waals surface area contributed by atoms with Crippen molar-refractivity contribution in [3.63, 3.8) is 0 Å². The summed E-state index contributed by atoms with van der Waals surface area (Å²) in [6.07, 6.45) is 0.450. The van der Waals surface area contributed by atoms with Crippen molar-refractivity contribution in [3.8, 4) is 0 Å². The second-order valence-electron chi connectivity index (χ2n) is 2.95. The zero-order valence-corrected chi connectivity index (χ0v) is 8.45. The molecule has 0 atom stereocenters. The number of rotatable bonds is 3. The standard InChI is InChI=1S/C11H14N2O/c1-3-11(14)13-12-9(2)10-7-5-4-6-8-10/h4-8H,3H2,1-2H3,(H,13,14)/b12-9+. The van der Waals surface area contributed by atoms with Crippen LogP contribution in [0.1, 0.15) is 25.8 Å². The maximum Gasteiger partial charge on any atom is 0.239 e. The molecule has 14 heavy (non-hydrogen) atoms. The predicted molar refractivity (Wildman–Crippen MR) is 57.1 cm³/mol. The number of amides is 1. The molecule has 0 aliphatic rings. The van der Waals surface area contributed by atoms with Gasteiger partial charge in [-0.05, 0) is 12.5 Å². The first-order valence-electron chi connectivity index (χ1n) is 4.62. The van der Waals surface area contributed by atoms with Gasteiger partial charge in [0.05, 0.1) is 5.71 Å². The molecule has 3 nitrogen and oxygen atoms in total. The Hall–Kier alpha value is -1.64. The number of carbonyl (C=O) groups excluding carboxylic acids is 1. The summed E-state index contributed by atoms with van der Waals surface area (Å²) in [6.45, 7) is 3.66. The third kappa shape index (κ3) is 3.01. The average molecular weight is 190 g/mol. The van der Waals surface area contributed by atoms with Gasteiger partial charge in [-0.1, -0.05) is 37.3 Å². The lowest BCUT2D eigenvalue weighted by Crippen LogP contribution is -2.17. The van der Waals surface area contributed by atoms with E-state index in [-0.39, 0.29) is 5.91 Å². The molecule has 74 valence electrons. The Bertz CT molecular complexity index is 330. The van der Waals surface area contributed by atoms with E-state index in [1.54, 1.807) is 6.92 Å². The molecule has 0 unspecified atom stereocenters. The zero-order chi connectivity index (χ0) is 10.4. The lowest BCUT2D eigenvalue weighted by molar-refractivity contribution is -0.120. The Morgan fingerprint density at radius 1 is 1.36 bits per heavy atom. The first-order valence-corrected chi connectivity index (χ1v) is 4.62. The fourth-order valence-corrected chi connectivity index (χ4v) is 0.969. The monoisotopic (exact) mass is 190 g/mol. The van der Waals surface area contributed by atoms with E-state index in [1.165, 1.54) is 0 Å². The van der Waals surface area contributed by atoms with Gasteiger partial charge < -0.3 is 0 Å². The van der Waals surface area contributed by atoms with Gasteiger partial charge in [0.15, 0.2) is 0 Å². The summed E-state index contributed by atoms with van der Waals surface area (Å²) in [5.74, 6) is -0.0692. The van der Waals surface area contributed by atoms with Crippen molar-refractivity contribution in [2.24, 2.45) is 5.10 Å². The highest BCUT2D eigenvalue weighted by molar-refractivity contribution is 5.99. The van der Waals surface area contributed by atoms with Crippen molar-refractivity contribution in [3.05, 3.63) is 35.9 Å². The predicted octanol–water partition coefficient (Wildman–Crippen LogP) is 1.94. The van der Waals surface area contributed by atoms with E-state index < -0.39 is 0 Å². The number of hydrogen-bond donors (Lipinski definition) is 1. The lowest BCUT2D eigenvalue weighted by atomic mass is 10.1. The van der Waals surface area contributed by atoms with Crippen LogP contribution < -0.4 is 5.43 Å². The maximum atomic E-state index is 10.9. The molecule has 1 N–H and O–H groups in total. The number of hydrogen-bond acceptors (Lipinski definition) is 2. The van der Waals surface area contributed by atoms with Crippen molar-refractivity contribution in [1.82, 2.24) is 5.43 Å². The largest absolute Gasteiger partial charge is 0.273 e. The van der Waals surface area contributed by atoms with Crippen molar-refractivity contribution in [2.45, 2.75) is 20.3 Å². The van der Waals surface area contributed by atoms with Gasteiger partial charge in [0.1, 0.15) is 0 Å². The van der Waals surface area contributed by atoms with E-state index in [4.69, 9.17) is 0 Å². The van der Waals surface area contributed by atoms with Crippen molar-refractivity contribution in [2.75, 3.05) is 0 Å². The van der Waals surface area contributed by atoms with Crippen molar-refractivity contribution < 1.29 is 4.79 Å². The van der Waals surface area contributed by atoms with E-state index in [1.807, 2.05) is 37.3 Å². The Balaban J connectivity index is 2.66. The normalized spacial score (nSPS) is 11.1. The van der Waals surface area contributed by atoms with Crippen molar-refractivity contribution >= 4 is 11.6 Å². The highest BCUT2D eigenvalue weighted by Gasteiger charge is 1.97. The number of carbonyl (C=O) groups is 1. The molecule has 1 aromatic rings. The smallest absolute Gasteiger partial charge is 0.239 e. The van der Waals surface area contributed by atoms with Crippen LogP contribution in [0.4, 0.5) is 0 Å². The van der Waals surface area contributed by atoms with Crippen LogP contribution in [0, 0.1) is 0 Å². The Morgan fingerprint density at radius 2 is 2.00 bits per heavy atom. The summed E-state index contributed by atoms with van der Waals surface area (Å²) in [5, 5.41) is 3.98. The molecule has 3 heteroatoms. The number of nitrogens with one attached hydrogen (secondary N) is 1. The van der Waals surface area contributed by atoms with E-state index in [9.17, 15) is 4.79 Å². The number of benzene rings is 1. The van der Waals surface area contributed by atoms with Crippen LogP contribution in [0.3, 0.4) is 0 Å². The summed E-state index contributed by atoms with van der Waals surface area (Å²) in [5.41, 5.74) is 4.31. The highest BCUT2D eigenvalue weighted by Crippen LogP contribution is 1.99. The van der Waals surface area contributed by atoms with E-state index in [2.05, 4.69) is 10.5 Å². The second-order valence-corrected chi connectivity index (χ2v) is 2.95. The molecule has 1 aromatic carbocycles. The molecule has 0 aromatic heterocycles. The molecule has 1 amide bonds. The molecule has 1 rings (SSSR count). The van der Waals surface area contributed by atoms with Gasteiger partial charge in [-0.25, -0.2) is 5.43 Å². The highest BCUT2D eigenvalue weighted by atomic mass is 16.2. The Morgan fingerprint density at radius 3 is 2.57 bits per heavy atom. The van der Waals surface area contributed by atoms with E-state index in [0.29, 0.717) is 6.42 Å². The third-order valence-electron chi connectivity index (χ3n) is 1.86. The molecule has 0 fully saturated rings. The van der Waals surface area contributed by atoms with Crippen LogP contribution >= 0.6 is 0 Å². The summed E-state index contributed by atoms with van der Waals surface area (Å²) in [7, 11) is 0. The quantitative estimate of drug-likeness (QED) is 0.574. The second kappa shape index (κ2) is 5.17. The molecule has 0 aliphatic heterocycles. The number of hydrazone groups is 1. The first-order chi connectivity index (χ1) is 6.74. The summed E-state index contributed by atoms with van der Waals surface area (Å²) < 4.78 is 0. The van der Waals surface area contributed by atoms with Crippen LogP contribution in [-0.2, 0) is 4.79 Å². The molecule has 0 saturated carbocycles. The van der Waals surface area contributed by atoms with E-state index >= 15 is 0 Å². The van der Waals surface area contributed by atoms with Gasteiger partial charge in [0, 0.05) is 6.42 Å². The van der Waals surface area contributed by atoms with Crippen molar-refractivity contribution in [1.29, 1.82) is 0 Å². The lowest BCUT2D eigenvalue weighted by Gasteiger charge is -2.00. The third-order valence-corrected chi connectivity index (χ3v) is 1.86. The molecular formula is C11H14N2O. The summed E-state index contributed by atoms with van der Waals surface area (Å²) in [6, 6.07) is 9.74. The van der Waals surface area contributed by atoms with E-state index in [0.717, 1.165) is 11.3 Å². The zero-order valence-electron chi connectivity index (χ0n) is 8.45. The average Bonchev–Trinajstić information content (AvgIpc) is 2.26. The van der Waals surface area contributed by atoms with Gasteiger partial charge in [0.25, 0.3) is 0 Å². The summed E-state index contributed by atoms with van der Waals surface area (Å²) >= 11 is 0. The summed E-state index contributed by atoms with van der Waals surface area (Å²) in [4.78, 5) is 10.9. The Labute approximate surface area is 83.8 Å². The molecule has 0 saturated heterocycles. The minimum atomic E-state index is -0.0692. The van der Waals surface area contributed by atoms with Crippen LogP contribution in [0.25, 0.3) is 0 Å². The molecule has 0 aliphatic carbocycles. The molecule has 0 spiro atoms. The molecule has 0 bridgehead atoms. The van der Waals surface area contributed by atoms with Crippen LogP contribution in [0.15, 0.2) is 35.4 Å². The van der Waals surface area contributed by atoms with Crippen LogP contribution in [0.5, 0.6) is 0 Å². The topological polar surface area (TPSA) is 41.5 Å². The van der Waals surface area contributed by atoms with Crippen LogP contribution in [0.2, 0.25) is 0 Å². The minimum Gasteiger partial charge on any atom is -0.273 e. The van der Waals surface area contributed by atoms with Gasteiger partial charge in [0.2, 0.25) is 5.91 Å². The maximum absolute atomic E-state index is 10.9. The fraction of sp³-hybridized carbons (Fsp3) is 0.273. The molecular weight excluding hydrogens is 176 g/mol. The van der Waals surface area contributed by atoms with Crippen LogP contribution in [-0.4, -0.2) is 11.6 Å². The minimum absolute atomic E-state index is 0.0692. The van der Waals surface area contributed by atoms with Gasteiger partial charge >= 0.3 is 0 Å². The fourth-order valence-electron chi connectivity index (χ4n) is 0.969. The van der Waals surface area contributed by atoms with Gasteiger partial charge in [-0.15, -0.1) is 0 Å². The number of nitrogens with zero attached hydrogens (tertiary/aromatic N) is 1. The van der Waals surface area contributed by atoms with Gasteiger partial charge in [-0.2, -0.15) is 5.10 Å². The SMILES string of the molecule is CCC(=O)N/N=C(\C)c1ccccc1. The van der Waals surface area contributed by atoms with Gasteiger partial charge in [-0.3, -0.25) is 4.79 Å².